The molecule has 8 rings (SSSR count). The Balaban J connectivity index is 1.55. The van der Waals surface area contributed by atoms with Gasteiger partial charge in [0.1, 0.15) is 5.82 Å². The van der Waals surface area contributed by atoms with Gasteiger partial charge in [-0.25, -0.2) is 4.98 Å². The predicted molar refractivity (Wildman–Crippen MR) is 165 cm³/mol. The molecule has 6 aromatic rings. The fourth-order valence-electron chi connectivity index (χ4n) is 7.23. The second-order valence-electron chi connectivity index (χ2n) is 10.7. The maximum atomic E-state index is 5.20. The van der Waals surface area contributed by atoms with Crippen molar-refractivity contribution >= 4 is 6.08 Å². The quantitative estimate of drug-likeness (QED) is 0.231. The fourth-order valence-corrected chi connectivity index (χ4v) is 7.23. The molecule has 0 atom stereocenters. The SMILES string of the molecule is C/C=C\c1nc(-c2ccccc2)n(-c2cccc3c2C2(c4ccccc4-c4ccccc42)c2ccccc2-3)c1C. The number of rotatable bonds is 3. The number of aromatic nitrogens is 2. The third-order valence-corrected chi connectivity index (χ3v) is 8.73. The normalized spacial score (nSPS) is 13.8. The van der Waals surface area contributed by atoms with Crippen LogP contribution in [0.2, 0.25) is 0 Å². The molecule has 0 saturated carbocycles. The van der Waals surface area contributed by atoms with Crippen LogP contribution in [0.15, 0.2) is 127 Å². The average Bonchev–Trinajstić information content (AvgIpc) is 3.61. The van der Waals surface area contributed by atoms with Crippen LogP contribution < -0.4 is 0 Å². The van der Waals surface area contributed by atoms with Gasteiger partial charge in [0, 0.05) is 16.8 Å². The van der Waals surface area contributed by atoms with Crippen molar-refractivity contribution < 1.29 is 0 Å². The number of nitrogens with zero attached hydrogens (tertiary/aromatic N) is 2. The van der Waals surface area contributed by atoms with E-state index in [0.717, 1.165) is 22.8 Å². The zero-order valence-corrected chi connectivity index (χ0v) is 22.6. The van der Waals surface area contributed by atoms with Crippen molar-refractivity contribution in [3.05, 3.63) is 161 Å². The molecule has 40 heavy (non-hydrogen) atoms. The number of hydrogen-bond donors (Lipinski definition) is 0. The summed E-state index contributed by atoms with van der Waals surface area (Å²) in [6, 6.07) is 44.3. The molecule has 2 nitrogen and oxygen atoms in total. The number of imidazole rings is 1. The number of benzene rings is 5. The molecule has 2 aliphatic rings. The molecule has 5 aromatic carbocycles. The van der Waals surface area contributed by atoms with Gasteiger partial charge in [0.2, 0.25) is 0 Å². The lowest BCUT2D eigenvalue weighted by atomic mass is 9.70. The van der Waals surface area contributed by atoms with E-state index in [0.29, 0.717) is 0 Å². The number of hydrogen-bond acceptors (Lipinski definition) is 1. The van der Waals surface area contributed by atoms with Crippen molar-refractivity contribution in [1.29, 1.82) is 0 Å². The smallest absolute Gasteiger partial charge is 0.145 e. The molecule has 0 radical (unpaired) electrons. The summed E-state index contributed by atoms with van der Waals surface area (Å²) >= 11 is 0. The predicted octanol–water partition coefficient (Wildman–Crippen LogP) is 9.22. The molecule has 0 N–H and O–H groups in total. The van der Waals surface area contributed by atoms with Gasteiger partial charge < -0.3 is 0 Å². The lowest BCUT2D eigenvalue weighted by molar-refractivity contribution is 0.780. The molecule has 0 saturated heterocycles. The minimum atomic E-state index is -0.416. The highest BCUT2D eigenvalue weighted by atomic mass is 15.1. The molecule has 0 amide bonds. The van der Waals surface area contributed by atoms with Gasteiger partial charge in [-0.15, -0.1) is 0 Å². The summed E-state index contributed by atoms with van der Waals surface area (Å²) in [5, 5.41) is 0. The van der Waals surface area contributed by atoms with Crippen LogP contribution >= 0.6 is 0 Å². The third kappa shape index (κ3) is 2.85. The lowest BCUT2D eigenvalue weighted by Crippen LogP contribution is -2.27. The van der Waals surface area contributed by atoms with E-state index in [9.17, 15) is 0 Å². The van der Waals surface area contributed by atoms with Crippen molar-refractivity contribution in [2.75, 3.05) is 0 Å². The molecule has 1 spiro atoms. The highest BCUT2D eigenvalue weighted by Gasteiger charge is 2.53. The van der Waals surface area contributed by atoms with Crippen LogP contribution in [-0.4, -0.2) is 9.55 Å². The standard InChI is InChI=1S/C38H28N2/c1-3-14-34-25(2)40(37(39-34)26-15-5-4-6-16-26)35-24-13-20-30-29-19-9-12-23-33(29)38(36(30)35)31-21-10-7-17-27(31)28-18-8-11-22-32(28)38/h3-24H,1-2H3/b14-3-. The Bertz CT molecular complexity index is 1910. The molecule has 0 fully saturated rings. The van der Waals surface area contributed by atoms with Gasteiger partial charge in [0.15, 0.2) is 0 Å². The minimum absolute atomic E-state index is 0.416. The van der Waals surface area contributed by atoms with Crippen LogP contribution in [0.3, 0.4) is 0 Å². The summed E-state index contributed by atoms with van der Waals surface area (Å²) < 4.78 is 2.39. The molecular weight excluding hydrogens is 484 g/mol. The van der Waals surface area contributed by atoms with E-state index in [1.165, 1.54) is 50.2 Å². The molecule has 0 bridgehead atoms. The molecule has 1 aromatic heterocycles. The number of fused-ring (bicyclic) bond motifs is 10. The number of allylic oxidation sites excluding steroid dienone is 1. The van der Waals surface area contributed by atoms with E-state index in [-0.39, 0.29) is 0 Å². The highest BCUT2D eigenvalue weighted by molar-refractivity contribution is 5.96. The monoisotopic (exact) mass is 512 g/mol. The first-order chi connectivity index (χ1) is 19.7. The largest absolute Gasteiger partial charge is 0.296 e. The van der Waals surface area contributed by atoms with Crippen molar-refractivity contribution in [3.63, 3.8) is 0 Å². The Hall–Kier alpha value is -4.95. The third-order valence-electron chi connectivity index (χ3n) is 8.73. The summed E-state index contributed by atoms with van der Waals surface area (Å²) in [6.07, 6.45) is 4.19. The van der Waals surface area contributed by atoms with Crippen LogP contribution in [0.25, 0.3) is 45.4 Å². The zero-order chi connectivity index (χ0) is 26.8. The Kier molecular flexibility index (Phi) is 4.90. The van der Waals surface area contributed by atoms with Crippen LogP contribution in [0.1, 0.15) is 40.6 Å². The first-order valence-corrected chi connectivity index (χ1v) is 14.0. The zero-order valence-electron chi connectivity index (χ0n) is 22.6. The van der Waals surface area contributed by atoms with E-state index in [2.05, 4.69) is 152 Å². The van der Waals surface area contributed by atoms with Crippen molar-refractivity contribution in [1.82, 2.24) is 9.55 Å². The highest BCUT2D eigenvalue weighted by Crippen LogP contribution is 2.64. The molecular formula is C38H28N2. The van der Waals surface area contributed by atoms with Gasteiger partial charge >= 0.3 is 0 Å². The second kappa shape index (κ2) is 8.53. The minimum Gasteiger partial charge on any atom is -0.296 e. The summed E-state index contributed by atoms with van der Waals surface area (Å²) in [7, 11) is 0. The van der Waals surface area contributed by atoms with E-state index in [4.69, 9.17) is 4.98 Å². The first kappa shape index (κ1) is 23.0. The van der Waals surface area contributed by atoms with Gasteiger partial charge in [-0.1, -0.05) is 121 Å². The average molecular weight is 513 g/mol. The van der Waals surface area contributed by atoms with Crippen LogP contribution in [-0.2, 0) is 5.41 Å². The van der Waals surface area contributed by atoms with Gasteiger partial charge in [0.25, 0.3) is 0 Å². The van der Waals surface area contributed by atoms with Crippen LogP contribution in [0.4, 0.5) is 0 Å². The maximum Gasteiger partial charge on any atom is 0.145 e. The topological polar surface area (TPSA) is 17.8 Å². The van der Waals surface area contributed by atoms with Gasteiger partial charge in [-0.05, 0) is 64.9 Å². The van der Waals surface area contributed by atoms with E-state index < -0.39 is 5.41 Å². The first-order valence-electron chi connectivity index (χ1n) is 14.0. The lowest BCUT2D eigenvalue weighted by Gasteiger charge is -2.32. The summed E-state index contributed by atoms with van der Waals surface area (Å²) in [5.41, 5.74) is 14.6. The van der Waals surface area contributed by atoms with E-state index in [1.807, 2.05) is 0 Å². The van der Waals surface area contributed by atoms with Gasteiger partial charge in [-0.2, -0.15) is 0 Å². The summed E-state index contributed by atoms with van der Waals surface area (Å²) in [6.45, 7) is 4.25. The fraction of sp³-hybridized carbons (Fsp3) is 0.0789. The van der Waals surface area contributed by atoms with Crippen molar-refractivity contribution in [2.45, 2.75) is 19.3 Å². The van der Waals surface area contributed by atoms with Crippen LogP contribution in [0.5, 0.6) is 0 Å². The molecule has 0 aliphatic heterocycles. The van der Waals surface area contributed by atoms with Crippen molar-refractivity contribution in [3.8, 4) is 39.3 Å². The Labute approximate surface area is 234 Å². The Morgan fingerprint density at radius 3 is 1.73 bits per heavy atom. The molecule has 1 heterocycles. The van der Waals surface area contributed by atoms with Gasteiger partial charge in [-0.3, -0.25) is 4.57 Å². The van der Waals surface area contributed by atoms with Gasteiger partial charge in [0.05, 0.1) is 16.8 Å². The molecule has 190 valence electrons. The van der Waals surface area contributed by atoms with Crippen molar-refractivity contribution in [2.24, 2.45) is 0 Å². The summed E-state index contributed by atoms with van der Waals surface area (Å²) in [5.74, 6) is 0.963. The maximum absolute atomic E-state index is 5.20. The Morgan fingerprint density at radius 1 is 0.600 bits per heavy atom. The van der Waals surface area contributed by atoms with E-state index in [1.54, 1.807) is 0 Å². The molecule has 0 unspecified atom stereocenters. The van der Waals surface area contributed by atoms with E-state index >= 15 is 0 Å². The van der Waals surface area contributed by atoms with Crippen LogP contribution in [0, 0.1) is 6.92 Å². The Morgan fingerprint density at radius 2 is 1.12 bits per heavy atom. The molecule has 2 heteroatoms. The molecule has 2 aliphatic carbocycles. The summed E-state index contributed by atoms with van der Waals surface area (Å²) in [4.78, 5) is 5.20. The second-order valence-corrected chi connectivity index (χ2v) is 10.7.